The van der Waals surface area contributed by atoms with Crippen LogP contribution in [0.2, 0.25) is 0 Å². The molecule has 0 aliphatic carbocycles. The lowest BCUT2D eigenvalue weighted by Crippen LogP contribution is -2.46. The van der Waals surface area contributed by atoms with Crippen molar-refractivity contribution in [2.75, 3.05) is 38.2 Å². The highest BCUT2D eigenvalue weighted by molar-refractivity contribution is 5.58. The van der Waals surface area contributed by atoms with E-state index in [2.05, 4.69) is 44.7 Å². The Hall–Kier alpha value is -3.23. The molecule has 1 aliphatic rings. The van der Waals surface area contributed by atoms with Crippen molar-refractivity contribution in [3.05, 3.63) is 78.1 Å². The maximum absolute atomic E-state index is 9.42. The number of aromatic nitrogens is 1. The molecule has 142 valence electrons. The summed E-state index contributed by atoms with van der Waals surface area (Å²) >= 11 is 0. The van der Waals surface area contributed by atoms with Crippen molar-refractivity contribution in [3.8, 4) is 17.5 Å². The van der Waals surface area contributed by atoms with E-state index in [0.717, 1.165) is 49.8 Å². The molecule has 5 nitrogen and oxygen atoms in total. The third-order valence-corrected chi connectivity index (χ3v) is 5.30. The van der Waals surface area contributed by atoms with Crippen molar-refractivity contribution in [1.82, 2.24) is 9.47 Å². The molecule has 0 amide bonds. The van der Waals surface area contributed by atoms with Gasteiger partial charge in [0.2, 0.25) is 0 Å². The van der Waals surface area contributed by atoms with Crippen LogP contribution >= 0.6 is 0 Å². The van der Waals surface area contributed by atoms with Gasteiger partial charge in [-0.2, -0.15) is 5.26 Å². The SMILES string of the molecule is COc1ccccc1N1CCN(Cc2cccn2-c2ccccc2C#N)CC1. The molecule has 1 saturated heterocycles. The van der Waals surface area contributed by atoms with Crippen LogP contribution in [0.5, 0.6) is 5.75 Å². The van der Waals surface area contributed by atoms with Crippen LogP contribution < -0.4 is 9.64 Å². The van der Waals surface area contributed by atoms with Gasteiger partial charge in [-0.15, -0.1) is 0 Å². The summed E-state index contributed by atoms with van der Waals surface area (Å²) < 4.78 is 7.64. The maximum Gasteiger partial charge on any atom is 0.142 e. The molecule has 2 aromatic carbocycles. The number of hydrogen-bond donors (Lipinski definition) is 0. The van der Waals surface area contributed by atoms with E-state index < -0.39 is 0 Å². The Morgan fingerprint density at radius 3 is 2.36 bits per heavy atom. The predicted molar refractivity (Wildman–Crippen MR) is 111 cm³/mol. The normalized spacial score (nSPS) is 14.6. The number of methoxy groups -OCH3 is 1. The molecular formula is C23H24N4O. The molecule has 0 spiro atoms. The molecule has 28 heavy (non-hydrogen) atoms. The van der Waals surface area contributed by atoms with Crippen LogP contribution in [0.1, 0.15) is 11.3 Å². The number of nitrogens with zero attached hydrogens (tertiary/aromatic N) is 4. The number of benzene rings is 2. The lowest BCUT2D eigenvalue weighted by Gasteiger charge is -2.36. The van der Waals surface area contributed by atoms with E-state index >= 15 is 0 Å². The van der Waals surface area contributed by atoms with Crippen LogP contribution in [0.15, 0.2) is 66.9 Å². The highest BCUT2D eigenvalue weighted by atomic mass is 16.5. The van der Waals surface area contributed by atoms with E-state index in [9.17, 15) is 5.26 Å². The minimum Gasteiger partial charge on any atom is -0.495 e. The lowest BCUT2D eigenvalue weighted by atomic mass is 10.2. The third-order valence-electron chi connectivity index (χ3n) is 5.30. The molecule has 4 rings (SSSR count). The van der Waals surface area contributed by atoms with E-state index in [1.165, 1.54) is 5.69 Å². The van der Waals surface area contributed by atoms with Gasteiger partial charge in [-0.3, -0.25) is 4.90 Å². The summed E-state index contributed by atoms with van der Waals surface area (Å²) in [5, 5.41) is 9.42. The topological polar surface area (TPSA) is 44.4 Å². The largest absolute Gasteiger partial charge is 0.495 e. The number of nitriles is 1. The third kappa shape index (κ3) is 3.60. The average molecular weight is 372 g/mol. The highest BCUT2D eigenvalue weighted by Crippen LogP contribution is 2.28. The van der Waals surface area contributed by atoms with Crippen LogP contribution in [0.25, 0.3) is 5.69 Å². The second-order valence-corrected chi connectivity index (χ2v) is 6.93. The van der Waals surface area contributed by atoms with Crippen molar-refractivity contribution in [3.63, 3.8) is 0 Å². The smallest absolute Gasteiger partial charge is 0.142 e. The van der Waals surface area contributed by atoms with Gasteiger partial charge in [-0.05, 0) is 36.4 Å². The van der Waals surface area contributed by atoms with Gasteiger partial charge < -0.3 is 14.2 Å². The first-order valence-corrected chi connectivity index (χ1v) is 9.56. The van der Waals surface area contributed by atoms with Gasteiger partial charge in [0.15, 0.2) is 0 Å². The summed E-state index contributed by atoms with van der Waals surface area (Å²) in [7, 11) is 1.72. The molecule has 0 unspecified atom stereocenters. The Labute approximate surface area is 166 Å². The van der Waals surface area contributed by atoms with Gasteiger partial charge >= 0.3 is 0 Å². The molecule has 0 radical (unpaired) electrons. The molecule has 1 aromatic heterocycles. The van der Waals surface area contributed by atoms with Gasteiger partial charge in [0.05, 0.1) is 24.0 Å². The predicted octanol–water partition coefficient (Wildman–Crippen LogP) is 3.68. The zero-order valence-corrected chi connectivity index (χ0v) is 16.1. The number of para-hydroxylation sites is 3. The minimum absolute atomic E-state index is 0.695. The number of rotatable bonds is 5. The van der Waals surface area contributed by atoms with E-state index in [1.807, 2.05) is 42.6 Å². The van der Waals surface area contributed by atoms with Crippen LogP contribution in [-0.4, -0.2) is 42.8 Å². The first-order valence-electron chi connectivity index (χ1n) is 9.56. The molecular weight excluding hydrogens is 348 g/mol. The van der Waals surface area contributed by atoms with Crippen molar-refractivity contribution < 1.29 is 4.74 Å². The Morgan fingerprint density at radius 2 is 1.61 bits per heavy atom. The van der Waals surface area contributed by atoms with Crippen molar-refractivity contribution in [1.29, 1.82) is 5.26 Å². The Kier molecular flexibility index (Phi) is 5.31. The van der Waals surface area contributed by atoms with Crippen LogP contribution in [0, 0.1) is 11.3 Å². The fourth-order valence-electron chi connectivity index (χ4n) is 3.83. The van der Waals surface area contributed by atoms with Gasteiger partial charge in [-0.25, -0.2) is 0 Å². The van der Waals surface area contributed by atoms with Gasteiger partial charge in [0.25, 0.3) is 0 Å². The first-order chi connectivity index (χ1) is 13.8. The summed E-state index contributed by atoms with van der Waals surface area (Å²) in [6.45, 7) is 4.78. The number of piperazine rings is 1. The summed E-state index contributed by atoms with van der Waals surface area (Å²) in [5.41, 5.74) is 4.00. The van der Waals surface area contributed by atoms with E-state index in [-0.39, 0.29) is 0 Å². The van der Waals surface area contributed by atoms with Crippen molar-refractivity contribution in [2.45, 2.75) is 6.54 Å². The van der Waals surface area contributed by atoms with E-state index in [4.69, 9.17) is 4.74 Å². The van der Waals surface area contributed by atoms with Crippen molar-refractivity contribution in [2.24, 2.45) is 0 Å². The molecule has 0 saturated carbocycles. The fourth-order valence-corrected chi connectivity index (χ4v) is 3.83. The molecule has 2 heterocycles. The highest BCUT2D eigenvalue weighted by Gasteiger charge is 2.20. The standard InChI is InChI=1S/C23H24N4O/c1-28-23-11-5-4-10-22(23)26-15-13-25(14-16-26)18-20-8-6-12-27(20)21-9-3-2-7-19(21)17-24/h2-12H,13-16,18H2,1H3. The van der Waals surface area contributed by atoms with Gasteiger partial charge in [0.1, 0.15) is 11.8 Å². The summed E-state index contributed by atoms with van der Waals surface area (Å²) in [6.07, 6.45) is 2.04. The van der Waals surface area contributed by atoms with Gasteiger partial charge in [0, 0.05) is 44.6 Å². The van der Waals surface area contributed by atoms with Crippen LogP contribution in [0.4, 0.5) is 5.69 Å². The maximum atomic E-state index is 9.42. The molecule has 1 aliphatic heterocycles. The Balaban J connectivity index is 1.45. The monoisotopic (exact) mass is 372 g/mol. The van der Waals surface area contributed by atoms with E-state index in [1.54, 1.807) is 7.11 Å². The van der Waals surface area contributed by atoms with Gasteiger partial charge in [-0.1, -0.05) is 24.3 Å². The van der Waals surface area contributed by atoms with E-state index in [0.29, 0.717) is 5.56 Å². The zero-order chi connectivity index (χ0) is 19.3. The molecule has 5 heteroatoms. The number of ether oxygens (including phenoxy) is 1. The number of hydrogen-bond acceptors (Lipinski definition) is 4. The molecule has 0 bridgehead atoms. The summed E-state index contributed by atoms with van der Waals surface area (Å²) in [6, 6.07) is 22.4. The zero-order valence-electron chi connectivity index (χ0n) is 16.1. The Bertz CT molecular complexity index is 980. The lowest BCUT2D eigenvalue weighted by molar-refractivity contribution is 0.245. The Morgan fingerprint density at radius 1 is 0.893 bits per heavy atom. The second-order valence-electron chi connectivity index (χ2n) is 6.93. The summed E-state index contributed by atoms with van der Waals surface area (Å²) in [5.74, 6) is 0.929. The molecule has 0 N–H and O–H groups in total. The number of anilines is 1. The molecule has 1 fully saturated rings. The first kappa shape index (κ1) is 18.1. The van der Waals surface area contributed by atoms with Crippen LogP contribution in [0.3, 0.4) is 0 Å². The molecule has 3 aromatic rings. The quantitative estimate of drug-likeness (QED) is 0.685. The van der Waals surface area contributed by atoms with Crippen LogP contribution in [-0.2, 0) is 6.54 Å². The average Bonchev–Trinajstić information content (AvgIpc) is 3.22. The minimum atomic E-state index is 0.695. The fraction of sp³-hybridized carbons (Fsp3) is 0.261. The van der Waals surface area contributed by atoms with Crippen molar-refractivity contribution >= 4 is 5.69 Å². The second kappa shape index (κ2) is 8.20. The summed E-state index contributed by atoms with van der Waals surface area (Å²) in [4.78, 5) is 4.85. The molecule has 0 atom stereocenters.